The van der Waals surface area contributed by atoms with E-state index in [0.29, 0.717) is 17.0 Å². The summed E-state index contributed by atoms with van der Waals surface area (Å²) in [5.74, 6) is -0.0382. The predicted molar refractivity (Wildman–Crippen MR) is 98.6 cm³/mol. The highest BCUT2D eigenvalue weighted by Gasteiger charge is 2.21. The van der Waals surface area contributed by atoms with Crippen molar-refractivity contribution in [2.45, 2.75) is 33.4 Å². The Hall–Kier alpha value is -2.40. The summed E-state index contributed by atoms with van der Waals surface area (Å²) in [5.41, 5.74) is 2.41. The van der Waals surface area contributed by atoms with Crippen LogP contribution in [0.15, 0.2) is 46.6 Å². The average molecular weight is 340 g/mol. The van der Waals surface area contributed by atoms with E-state index in [2.05, 4.69) is 4.98 Å². The molecule has 3 aromatic rings. The summed E-state index contributed by atoms with van der Waals surface area (Å²) in [4.78, 5) is 30.4. The number of amides is 1. The van der Waals surface area contributed by atoms with Crippen LogP contribution in [0.5, 0.6) is 0 Å². The van der Waals surface area contributed by atoms with Gasteiger partial charge in [-0.1, -0.05) is 17.7 Å². The van der Waals surface area contributed by atoms with Crippen LogP contribution in [0.25, 0.3) is 10.9 Å². The SMILES string of the molecule is Cc1ccc2[nH]c(=O)c(CN(C(=O)c3cccs3)C(C)C)cc2c1. The summed E-state index contributed by atoms with van der Waals surface area (Å²) in [6, 6.07) is 11.5. The van der Waals surface area contributed by atoms with Crippen LogP contribution in [-0.2, 0) is 6.54 Å². The number of hydrogen-bond donors (Lipinski definition) is 1. The molecule has 0 bridgehead atoms. The van der Waals surface area contributed by atoms with Crippen molar-refractivity contribution in [1.82, 2.24) is 9.88 Å². The minimum Gasteiger partial charge on any atom is -0.331 e. The normalized spacial score (nSPS) is 11.2. The molecule has 124 valence electrons. The van der Waals surface area contributed by atoms with Crippen molar-refractivity contribution in [2.75, 3.05) is 0 Å². The zero-order valence-electron chi connectivity index (χ0n) is 14.0. The first-order valence-corrected chi connectivity index (χ1v) is 8.80. The van der Waals surface area contributed by atoms with Crippen molar-refractivity contribution < 1.29 is 4.79 Å². The van der Waals surface area contributed by atoms with E-state index in [4.69, 9.17) is 0 Å². The number of aryl methyl sites for hydroxylation is 1. The Bertz CT molecular complexity index is 926. The molecule has 1 aromatic carbocycles. The molecular formula is C19H20N2O2S. The molecule has 4 nitrogen and oxygen atoms in total. The van der Waals surface area contributed by atoms with Crippen molar-refractivity contribution in [2.24, 2.45) is 0 Å². The molecule has 0 aliphatic heterocycles. The van der Waals surface area contributed by atoms with E-state index < -0.39 is 0 Å². The molecule has 0 radical (unpaired) electrons. The number of hydrogen-bond acceptors (Lipinski definition) is 3. The topological polar surface area (TPSA) is 53.2 Å². The van der Waals surface area contributed by atoms with E-state index in [9.17, 15) is 9.59 Å². The molecule has 2 heterocycles. The maximum absolute atomic E-state index is 12.7. The first-order valence-electron chi connectivity index (χ1n) is 7.93. The molecule has 2 aromatic heterocycles. The number of nitrogens with zero attached hydrogens (tertiary/aromatic N) is 1. The number of aromatic nitrogens is 1. The standard InChI is InChI=1S/C19H20N2O2S/c1-12(2)21(19(23)17-5-4-8-24-17)11-15-10-14-9-13(3)6-7-16(14)20-18(15)22/h4-10,12H,11H2,1-3H3,(H,20,22). The Morgan fingerprint density at radius 3 is 2.71 bits per heavy atom. The number of aromatic amines is 1. The number of nitrogens with one attached hydrogen (secondary N) is 1. The maximum Gasteiger partial charge on any atom is 0.264 e. The van der Waals surface area contributed by atoms with Gasteiger partial charge >= 0.3 is 0 Å². The van der Waals surface area contributed by atoms with Gasteiger partial charge in [-0.2, -0.15) is 0 Å². The summed E-state index contributed by atoms with van der Waals surface area (Å²) >= 11 is 1.42. The summed E-state index contributed by atoms with van der Waals surface area (Å²) < 4.78 is 0. The van der Waals surface area contributed by atoms with Gasteiger partial charge in [0.1, 0.15) is 0 Å². The van der Waals surface area contributed by atoms with Gasteiger partial charge in [-0.3, -0.25) is 9.59 Å². The van der Waals surface area contributed by atoms with Gasteiger partial charge in [-0.05, 0) is 55.8 Å². The molecule has 0 aliphatic carbocycles. The Balaban J connectivity index is 1.98. The Kier molecular flexibility index (Phi) is 4.53. The third-order valence-electron chi connectivity index (χ3n) is 4.03. The number of fused-ring (bicyclic) bond motifs is 1. The highest BCUT2D eigenvalue weighted by atomic mass is 32.1. The zero-order chi connectivity index (χ0) is 17.3. The number of benzene rings is 1. The lowest BCUT2D eigenvalue weighted by atomic mass is 10.1. The molecule has 1 N–H and O–H groups in total. The molecule has 0 unspecified atom stereocenters. The first kappa shape index (κ1) is 16.5. The number of H-pyrrole nitrogens is 1. The number of thiophene rings is 1. The van der Waals surface area contributed by atoms with Crippen molar-refractivity contribution >= 4 is 28.1 Å². The van der Waals surface area contributed by atoms with E-state index in [-0.39, 0.29) is 17.5 Å². The third kappa shape index (κ3) is 3.26. The van der Waals surface area contributed by atoms with Crippen LogP contribution in [0.1, 0.15) is 34.6 Å². The lowest BCUT2D eigenvalue weighted by molar-refractivity contribution is 0.0695. The fraction of sp³-hybridized carbons (Fsp3) is 0.263. The summed E-state index contributed by atoms with van der Waals surface area (Å²) in [6.45, 7) is 6.24. The maximum atomic E-state index is 12.7. The highest BCUT2D eigenvalue weighted by molar-refractivity contribution is 7.12. The summed E-state index contributed by atoms with van der Waals surface area (Å²) in [6.07, 6.45) is 0. The smallest absolute Gasteiger partial charge is 0.264 e. The largest absolute Gasteiger partial charge is 0.331 e. The second-order valence-electron chi connectivity index (χ2n) is 6.22. The van der Waals surface area contributed by atoms with Crippen molar-refractivity contribution in [3.63, 3.8) is 0 Å². The molecular weight excluding hydrogens is 320 g/mol. The third-order valence-corrected chi connectivity index (χ3v) is 4.89. The summed E-state index contributed by atoms with van der Waals surface area (Å²) in [5, 5.41) is 2.87. The van der Waals surface area contributed by atoms with Gasteiger partial charge in [0.15, 0.2) is 0 Å². The fourth-order valence-corrected chi connectivity index (χ4v) is 3.38. The predicted octanol–water partition coefficient (Wildman–Crippen LogP) is 3.95. The van der Waals surface area contributed by atoms with Gasteiger partial charge in [-0.25, -0.2) is 0 Å². The number of carbonyl (C=O) groups excluding carboxylic acids is 1. The van der Waals surface area contributed by atoms with Crippen LogP contribution in [-0.4, -0.2) is 21.8 Å². The Labute approximate surface area is 144 Å². The molecule has 0 atom stereocenters. The van der Waals surface area contributed by atoms with E-state index in [1.54, 1.807) is 4.90 Å². The van der Waals surface area contributed by atoms with Crippen molar-refractivity contribution in [3.8, 4) is 0 Å². The number of pyridine rings is 1. The van der Waals surface area contributed by atoms with E-state index in [1.165, 1.54) is 11.3 Å². The molecule has 0 saturated carbocycles. The lowest BCUT2D eigenvalue weighted by Crippen LogP contribution is -2.37. The minimum absolute atomic E-state index is 0.00667. The van der Waals surface area contributed by atoms with Gasteiger partial charge in [0.2, 0.25) is 0 Å². The van der Waals surface area contributed by atoms with Crippen molar-refractivity contribution in [3.05, 3.63) is 68.1 Å². The first-order chi connectivity index (χ1) is 11.5. The molecule has 24 heavy (non-hydrogen) atoms. The summed E-state index contributed by atoms with van der Waals surface area (Å²) in [7, 11) is 0. The van der Waals surface area contributed by atoms with Crippen molar-refractivity contribution in [1.29, 1.82) is 0 Å². The Morgan fingerprint density at radius 1 is 1.25 bits per heavy atom. The van der Waals surface area contributed by atoms with Gasteiger partial charge in [-0.15, -0.1) is 11.3 Å². The van der Waals surface area contributed by atoms with Gasteiger partial charge < -0.3 is 9.88 Å². The van der Waals surface area contributed by atoms with Crippen LogP contribution in [0, 0.1) is 6.92 Å². The average Bonchev–Trinajstić information content (AvgIpc) is 3.06. The van der Waals surface area contributed by atoms with Crippen LogP contribution < -0.4 is 5.56 Å². The molecule has 0 saturated heterocycles. The fourth-order valence-electron chi connectivity index (χ4n) is 2.70. The van der Waals surface area contributed by atoms with Crippen LogP contribution in [0.3, 0.4) is 0 Å². The van der Waals surface area contributed by atoms with Crippen LogP contribution >= 0.6 is 11.3 Å². The molecule has 5 heteroatoms. The highest BCUT2D eigenvalue weighted by Crippen LogP contribution is 2.18. The Morgan fingerprint density at radius 2 is 2.04 bits per heavy atom. The minimum atomic E-state index is -0.143. The van der Waals surface area contributed by atoms with Crippen LogP contribution in [0.4, 0.5) is 0 Å². The molecule has 0 fully saturated rings. The molecule has 1 amide bonds. The molecule has 0 spiro atoms. The van der Waals surface area contributed by atoms with Gasteiger partial charge in [0, 0.05) is 17.1 Å². The second-order valence-corrected chi connectivity index (χ2v) is 7.17. The van der Waals surface area contributed by atoms with E-state index >= 15 is 0 Å². The van der Waals surface area contributed by atoms with E-state index in [1.807, 2.05) is 62.5 Å². The lowest BCUT2D eigenvalue weighted by Gasteiger charge is -2.26. The second kappa shape index (κ2) is 6.61. The zero-order valence-corrected chi connectivity index (χ0v) is 14.8. The number of rotatable bonds is 4. The molecule has 3 rings (SSSR count). The van der Waals surface area contributed by atoms with Gasteiger partial charge in [0.25, 0.3) is 11.5 Å². The van der Waals surface area contributed by atoms with Crippen LogP contribution in [0.2, 0.25) is 0 Å². The quantitative estimate of drug-likeness (QED) is 0.782. The van der Waals surface area contributed by atoms with Gasteiger partial charge in [0.05, 0.1) is 11.4 Å². The molecule has 0 aliphatic rings. The van der Waals surface area contributed by atoms with E-state index in [0.717, 1.165) is 16.5 Å². The monoisotopic (exact) mass is 340 g/mol. The number of carbonyl (C=O) groups is 1.